The summed E-state index contributed by atoms with van der Waals surface area (Å²) < 4.78 is 4.66. The number of nitrogens with two attached hydrogens (primary N) is 1. The van der Waals surface area contributed by atoms with E-state index in [0.29, 0.717) is 18.8 Å². The van der Waals surface area contributed by atoms with Gasteiger partial charge in [-0.15, -0.1) is 0 Å². The lowest BCUT2D eigenvalue weighted by Gasteiger charge is -2.20. The number of hydrogen-bond acceptors (Lipinski definition) is 4. The van der Waals surface area contributed by atoms with Crippen LogP contribution >= 0.6 is 0 Å². The fourth-order valence-electron chi connectivity index (χ4n) is 1.55. The smallest absolute Gasteiger partial charge is 0.328 e. The molecule has 0 aromatic carbocycles. The second-order valence-electron chi connectivity index (χ2n) is 4.61. The topological polar surface area (TPSA) is 81.4 Å². The first-order valence-corrected chi connectivity index (χ1v) is 6.06. The summed E-state index contributed by atoms with van der Waals surface area (Å²) in [7, 11) is 1.31. The van der Waals surface area contributed by atoms with Crippen LogP contribution in [-0.4, -0.2) is 31.1 Å². The lowest BCUT2D eigenvalue weighted by atomic mass is 10.0. The summed E-state index contributed by atoms with van der Waals surface area (Å²) in [5.41, 5.74) is 5.68. The van der Waals surface area contributed by atoms with Crippen molar-refractivity contribution in [3.05, 3.63) is 0 Å². The molecule has 0 aliphatic heterocycles. The van der Waals surface area contributed by atoms with Gasteiger partial charge in [0, 0.05) is 0 Å². The van der Waals surface area contributed by atoms with Crippen molar-refractivity contribution in [3.8, 4) is 0 Å². The molecule has 5 nitrogen and oxygen atoms in total. The first-order valence-electron chi connectivity index (χ1n) is 6.06. The van der Waals surface area contributed by atoms with Gasteiger partial charge >= 0.3 is 5.97 Å². The quantitative estimate of drug-likeness (QED) is 0.650. The van der Waals surface area contributed by atoms with Gasteiger partial charge in [-0.25, -0.2) is 4.79 Å². The van der Waals surface area contributed by atoms with Gasteiger partial charge in [-0.05, 0) is 18.8 Å². The highest BCUT2D eigenvalue weighted by Crippen LogP contribution is 2.07. The van der Waals surface area contributed by atoms with Crippen molar-refractivity contribution in [3.63, 3.8) is 0 Å². The number of carbonyl (C=O) groups excluding carboxylic acids is 2. The molecule has 0 spiro atoms. The van der Waals surface area contributed by atoms with E-state index in [-0.39, 0.29) is 5.91 Å². The normalized spacial score (nSPS) is 14.2. The van der Waals surface area contributed by atoms with Crippen LogP contribution in [0.3, 0.4) is 0 Å². The Labute approximate surface area is 103 Å². The summed E-state index contributed by atoms with van der Waals surface area (Å²) in [5.74, 6) is -0.416. The Bertz CT molecular complexity index is 254. The fourth-order valence-corrected chi connectivity index (χ4v) is 1.55. The molecular formula is C12H24N2O3. The average molecular weight is 244 g/mol. The third kappa shape index (κ3) is 6.26. The van der Waals surface area contributed by atoms with Gasteiger partial charge in [0.1, 0.15) is 6.04 Å². The molecule has 0 fully saturated rings. The van der Waals surface area contributed by atoms with Gasteiger partial charge in [-0.1, -0.05) is 27.2 Å². The molecule has 0 aromatic rings. The second-order valence-corrected chi connectivity index (χ2v) is 4.61. The molecule has 0 bridgehead atoms. The largest absolute Gasteiger partial charge is 0.467 e. The van der Waals surface area contributed by atoms with E-state index in [4.69, 9.17) is 5.73 Å². The molecule has 0 aliphatic carbocycles. The zero-order valence-electron chi connectivity index (χ0n) is 11.2. The number of nitrogens with one attached hydrogen (secondary N) is 1. The van der Waals surface area contributed by atoms with Gasteiger partial charge in [-0.2, -0.15) is 0 Å². The Kier molecular flexibility index (Phi) is 7.54. The molecule has 0 saturated heterocycles. The first-order chi connectivity index (χ1) is 7.92. The van der Waals surface area contributed by atoms with Gasteiger partial charge in [0.05, 0.1) is 13.2 Å². The Morgan fingerprint density at radius 2 is 1.94 bits per heavy atom. The van der Waals surface area contributed by atoms with Crippen LogP contribution in [0.1, 0.15) is 40.0 Å². The lowest BCUT2D eigenvalue weighted by Crippen LogP contribution is -2.49. The number of hydrogen-bond donors (Lipinski definition) is 2. The van der Waals surface area contributed by atoms with Crippen LogP contribution in [-0.2, 0) is 14.3 Å². The Morgan fingerprint density at radius 1 is 1.35 bits per heavy atom. The first kappa shape index (κ1) is 15.9. The molecule has 5 heteroatoms. The predicted molar refractivity (Wildman–Crippen MR) is 66.3 cm³/mol. The monoisotopic (exact) mass is 244 g/mol. The SMILES string of the molecule is CCC[C@@H](N)C(=O)NC(CC(C)C)C(=O)OC. The van der Waals surface area contributed by atoms with E-state index in [9.17, 15) is 9.59 Å². The van der Waals surface area contributed by atoms with Crippen LogP contribution in [0.25, 0.3) is 0 Å². The van der Waals surface area contributed by atoms with Crippen LogP contribution in [0.4, 0.5) is 0 Å². The molecule has 0 heterocycles. The Morgan fingerprint density at radius 3 is 2.35 bits per heavy atom. The number of ether oxygens (including phenoxy) is 1. The second kappa shape index (κ2) is 8.06. The standard InChI is InChI=1S/C12H24N2O3/c1-5-6-9(13)11(15)14-10(7-8(2)3)12(16)17-4/h8-10H,5-7,13H2,1-4H3,(H,14,15)/t9-,10?/m1/s1. The Balaban J connectivity index is 4.42. The van der Waals surface area contributed by atoms with Crippen molar-refractivity contribution in [2.24, 2.45) is 11.7 Å². The van der Waals surface area contributed by atoms with Gasteiger partial charge in [0.25, 0.3) is 0 Å². The van der Waals surface area contributed by atoms with Crippen molar-refractivity contribution in [2.45, 2.75) is 52.1 Å². The van der Waals surface area contributed by atoms with Gasteiger partial charge < -0.3 is 15.8 Å². The number of carbonyl (C=O) groups is 2. The molecular weight excluding hydrogens is 220 g/mol. The Hall–Kier alpha value is -1.10. The van der Waals surface area contributed by atoms with Crippen molar-refractivity contribution in [2.75, 3.05) is 7.11 Å². The van der Waals surface area contributed by atoms with Gasteiger partial charge in [-0.3, -0.25) is 4.79 Å². The van der Waals surface area contributed by atoms with Crippen LogP contribution in [0.5, 0.6) is 0 Å². The summed E-state index contributed by atoms with van der Waals surface area (Å²) in [6, 6.07) is -1.16. The van der Waals surface area contributed by atoms with E-state index in [0.717, 1.165) is 6.42 Å². The fraction of sp³-hybridized carbons (Fsp3) is 0.833. The van der Waals surface area contributed by atoms with Crippen LogP contribution < -0.4 is 11.1 Å². The number of rotatable bonds is 7. The molecule has 0 rings (SSSR count). The summed E-state index contributed by atoms with van der Waals surface area (Å²) in [4.78, 5) is 23.2. The maximum absolute atomic E-state index is 11.7. The molecule has 2 atom stereocenters. The van der Waals surface area contributed by atoms with Crippen LogP contribution in [0.2, 0.25) is 0 Å². The molecule has 0 aliphatic rings. The van der Waals surface area contributed by atoms with Crippen molar-refractivity contribution in [1.29, 1.82) is 0 Å². The maximum atomic E-state index is 11.7. The molecule has 100 valence electrons. The third-order valence-corrected chi connectivity index (χ3v) is 2.45. The summed E-state index contributed by atoms with van der Waals surface area (Å²) in [6.45, 7) is 5.92. The number of methoxy groups -OCH3 is 1. The average Bonchev–Trinajstić information content (AvgIpc) is 2.26. The molecule has 3 N–H and O–H groups in total. The van der Waals surface area contributed by atoms with E-state index in [2.05, 4.69) is 10.1 Å². The van der Waals surface area contributed by atoms with Gasteiger partial charge in [0.15, 0.2) is 0 Å². The zero-order valence-corrected chi connectivity index (χ0v) is 11.2. The molecule has 17 heavy (non-hydrogen) atoms. The molecule has 1 unspecified atom stereocenters. The summed E-state index contributed by atoms with van der Waals surface area (Å²) in [5, 5.41) is 2.65. The highest BCUT2D eigenvalue weighted by molar-refractivity contribution is 5.87. The van der Waals surface area contributed by atoms with Crippen molar-refractivity contribution >= 4 is 11.9 Å². The highest BCUT2D eigenvalue weighted by atomic mass is 16.5. The van der Waals surface area contributed by atoms with Crippen molar-refractivity contribution in [1.82, 2.24) is 5.32 Å². The minimum Gasteiger partial charge on any atom is -0.467 e. The van der Waals surface area contributed by atoms with E-state index in [1.54, 1.807) is 0 Å². The minimum atomic E-state index is -0.601. The van der Waals surface area contributed by atoms with Gasteiger partial charge in [0.2, 0.25) is 5.91 Å². The van der Waals surface area contributed by atoms with Crippen LogP contribution in [0, 0.1) is 5.92 Å². The molecule has 0 saturated carbocycles. The predicted octanol–water partition coefficient (Wildman–Crippen LogP) is 0.818. The highest BCUT2D eigenvalue weighted by Gasteiger charge is 2.24. The van der Waals surface area contributed by atoms with E-state index in [1.807, 2.05) is 20.8 Å². The van der Waals surface area contributed by atoms with E-state index >= 15 is 0 Å². The molecule has 1 amide bonds. The summed E-state index contributed by atoms with van der Waals surface area (Å²) in [6.07, 6.45) is 2.00. The van der Waals surface area contributed by atoms with E-state index in [1.165, 1.54) is 7.11 Å². The molecule has 0 aromatic heterocycles. The summed E-state index contributed by atoms with van der Waals surface area (Å²) >= 11 is 0. The number of amides is 1. The van der Waals surface area contributed by atoms with Crippen LogP contribution in [0.15, 0.2) is 0 Å². The zero-order chi connectivity index (χ0) is 13.4. The molecule has 0 radical (unpaired) electrons. The van der Waals surface area contributed by atoms with E-state index < -0.39 is 18.1 Å². The van der Waals surface area contributed by atoms with Crippen molar-refractivity contribution < 1.29 is 14.3 Å². The minimum absolute atomic E-state index is 0.289. The lowest BCUT2D eigenvalue weighted by molar-refractivity contribution is -0.145. The number of esters is 1. The third-order valence-electron chi connectivity index (χ3n) is 2.45. The maximum Gasteiger partial charge on any atom is 0.328 e.